The molecule has 1 heterocycles. The van der Waals surface area contributed by atoms with E-state index in [-0.39, 0.29) is 11.3 Å². The molecule has 0 aliphatic carbocycles. The molecule has 3 rings (SSSR count). The fourth-order valence-electron chi connectivity index (χ4n) is 3.32. The van der Waals surface area contributed by atoms with Gasteiger partial charge in [-0.15, -0.1) is 0 Å². The monoisotopic (exact) mass is 294 g/mol. The van der Waals surface area contributed by atoms with E-state index in [4.69, 9.17) is 0 Å². The number of nitrogens with zero attached hydrogens (tertiary/aromatic N) is 1. The van der Waals surface area contributed by atoms with Crippen LogP contribution < -0.4 is 5.32 Å². The largest absolute Gasteiger partial charge is 0.351 e. The van der Waals surface area contributed by atoms with Crippen LogP contribution in [0.5, 0.6) is 0 Å². The molecular formula is C19H22N2O. The zero-order chi connectivity index (χ0) is 15.6. The first kappa shape index (κ1) is 14.8. The van der Waals surface area contributed by atoms with Gasteiger partial charge < -0.3 is 10.2 Å². The molecule has 1 N–H and O–H groups in total. The number of amides is 1. The minimum Gasteiger partial charge on any atom is -0.351 e. The van der Waals surface area contributed by atoms with Gasteiger partial charge in [-0.2, -0.15) is 0 Å². The van der Waals surface area contributed by atoms with Gasteiger partial charge in [-0.1, -0.05) is 48.5 Å². The van der Waals surface area contributed by atoms with Crippen molar-refractivity contribution in [2.75, 3.05) is 27.2 Å². The Labute approximate surface area is 132 Å². The standard InChI is InChI=1S/C19H22N2O/c1-21(2)13-12-19(15-8-4-3-5-9-15)14-20-18(22)16-10-6-7-11-17(16)19/h3-11H,12-14H2,1-2H3,(H,20,22). The van der Waals surface area contributed by atoms with Gasteiger partial charge in [0, 0.05) is 17.5 Å². The van der Waals surface area contributed by atoms with E-state index >= 15 is 0 Å². The van der Waals surface area contributed by atoms with Gasteiger partial charge in [-0.3, -0.25) is 4.79 Å². The lowest BCUT2D eigenvalue weighted by molar-refractivity contribution is 0.0927. The van der Waals surface area contributed by atoms with E-state index in [0.29, 0.717) is 6.54 Å². The summed E-state index contributed by atoms with van der Waals surface area (Å²) in [4.78, 5) is 14.4. The van der Waals surface area contributed by atoms with Gasteiger partial charge in [0.2, 0.25) is 0 Å². The highest BCUT2D eigenvalue weighted by Crippen LogP contribution is 2.39. The van der Waals surface area contributed by atoms with Crippen molar-refractivity contribution in [3.8, 4) is 0 Å². The van der Waals surface area contributed by atoms with Crippen molar-refractivity contribution in [1.82, 2.24) is 10.2 Å². The Morgan fingerprint density at radius 2 is 1.73 bits per heavy atom. The molecule has 0 saturated heterocycles. The summed E-state index contributed by atoms with van der Waals surface area (Å²) in [6.45, 7) is 1.62. The molecule has 1 unspecified atom stereocenters. The van der Waals surface area contributed by atoms with Crippen LogP contribution in [0.4, 0.5) is 0 Å². The number of carbonyl (C=O) groups excluding carboxylic acids is 1. The maximum absolute atomic E-state index is 12.2. The SMILES string of the molecule is CN(C)CCC1(c2ccccc2)CNC(=O)c2ccccc21. The van der Waals surface area contributed by atoms with Crippen molar-refractivity contribution in [2.45, 2.75) is 11.8 Å². The van der Waals surface area contributed by atoms with Gasteiger partial charge in [0.15, 0.2) is 0 Å². The highest BCUT2D eigenvalue weighted by atomic mass is 16.1. The first-order chi connectivity index (χ1) is 10.6. The Bertz CT molecular complexity index is 666. The third-order valence-electron chi connectivity index (χ3n) is 4.55. The van der Waals surface area contributed by atoms with Gasteiger partial charge in [-0.25, -0.2) is 0 Å². The molecule has 1 aliphatic heterocycles. The molecule has 3 nitrogen and oxygen atoms in total. The molecule has 0 fully saturated rings. The number of benzene rings is 2. The molecular weight excluding hydrogens is 272 g/mol. The van der Waals surface area contributed by atoms with Gasteiger partial charge in [-0.05, 0) is 44.3 Å². The normalized spacial score (nSPS) is 20.6. The Kier molecular flexibility index (Phi) is 3.99. The van der Waals surface area contributed by atoms with Crippen molar-refractivity contribution in [3.05, 3.63) is 71.3 Å². The minimum absolute atomic E-state index is 0.0343. The van der Waals surface area contributed by atoms with Crippen LogP contribution in [0.15, 0.2) is 54.6 Å². The average Bonchev–Trinajstić information content (AvgIpc) is 2.56. The zero-order valence-corrected chi connectivity index (χ0v) is 13.2. The highest BCUT2D eigenvalue weighted by molar-refractivity contribution is 5.97. The number of carbonyl (C=O) groups is 1. The number of hydrogen-bond donors (Lipinski definition) is 1. The van der Waals surface area contributed by atoms with Crippen LogP contribution in [-0.2, 0) is 5.41 Å². The average molecular weight is 294 g/mol. The fraction of sp³-hybridized carbons (Fsp3) is 0.316. The maximum atomic E-state index is 12.2. The molecule has 0 aromatic heterocycles. The van der Waals surface area contributed by atoms with Crippen LogP contribution in [0.2, 0.25) is 0 Å². The lowest BCUT2D eigenvalue weighted by atomic mass is 9.68. The van der Waals surface area contributed by atoms with E-state index in [1.165, 1.54) is 5.56 Å². The lowest BCUT2D eigenvalue weighted by Crippen LogP contribution is -2.48. The van der Waals surface area contributed by atoms with Gasteiger partial charge in [0.05, 0.1) is 0 Å². The minimum atomic E-state index is -0.157. The lowest BCUT2D eigenvalue weighted by Gasteiger charge is -2.40. The van der Waals surface area contributed by atoms with Crippen molar-refractivity contribution >= 4 is 5.91 Å². The van der Waals surface area contributed by atoms with Gasteiger partial charge in [0.1, 0.15) is 0 Å². The van der Waals surface area contributed by atoms with E-state index in [1.807, 2.05) is 24.3 Å². The molecule has 1 atom stereocenters. The number of nitrogens with one attached hydrogen (secondary N) is 1. The van der Waals surface area contributed by atoms with Gasteiger partial charge in [0.25, 0.3) is 5.91 Å². The van der Waals surface area contributed by atoms with Crippen LogP contribution in [0, 0.1) is 0 Å². The summed E-state index contributed by atoms with van der Waals surface area (Å²) in [5.41, 5.74) is 3.06. The van der Waals surface area contributed by atoms with E-state index in [0.717, 1.165) is 24.1 Å². The van der Waals surface area contributed by atoms with Crippen molar-refractivity contribution in [1.29, 1.82) is 0 Å². The highest BCUT2D eigenvalue weighted by Gasteiger charge is 2.40. The van der Waals surface area contributed by atoms with E-state index in [2.05, 4.69) is 54.6 Å². The first-order valence-corrected chi connectivity index (χ1v) is 7.71. The predicted molar refractivity (Wildman–Crippen MR) is 89.2 cm³/mol. The fourth-order valence-corrected chi connectivity index (χ4v) is 3.32. The summed E-state index contributed by atoms with van der Waals surface area (Å²) in [6, 6.07) is 18.5. The third kappa shape index (κ3) is 2.53. The zero-order valence-electron chi connectivity index (χ0n) is 13.2. The smallest absolute Gasteiger partial charge is 0.251 e. The Morgan fingerprint density at radius 3 is 2.45 bits per heavy atom. The third-order valence-corrected chi connectivity index (χ3v) is 4.55. The molecule has 0 saturated carbocycles. The molecule has 3 heteroatoms. The molecule has 0 bridgehead atoms. The quantitative estimate of drug-likeness (QED) is 0.940. The number of fused-ring (bicyclic) bond motifs is 1. The molecule has 22 heavy (non-hydrogen) atoms. The van der Waals surface area contributed by atoms with Crippen molar-refractivity contribution < 1.29 is 4.79 Å². The molecule has 114 valence electrons. The predicted octanol–water partition coefficient (Wildman–Crippen LogP) is 2.67. The van der Waals surface area contributed by atoms with Crippen LogP contribution in [0.25, 0.3) is 0 Å². The Balaban J connectivity index is 2.15. The number of rotatable bonds is 4. The van der Waals surface area contributed by atoms with Crippen LogP contribution in [-0.4, -0.2) is 38.0 Å². The molecule has 1 aliphatic rings. The van der Waals surface area contributed by atoms with Crippen LogP contribution >= 0.6 is 0 Å². The molecule has 2 aromatic rings. The second kappa shape index (κ2) is 5.93. The second-order valence-corrected chi connectivity index (χ2v) is 6.23. The maximum Gasteiger partial charge on any atom is 0.251 e. The topological polar surface area (TPSA) is 32.3 Å². The molecule has 1 amide bonds. The van der Waals surface area contributed by atoms with Crippen molar-refractivity contribution in [3.63, 3.8) is 0 Å². The van der Waals surface area contributed by atoms with Gasteiger partial charge >= 0.3 is 0 Å². The summed E-state index contributed by atoms with van der Waals surface area (Å²) in [6.07, 6.45) is 0.974. The van der Waals surface area contributed by atoms with E-state index in [9.17, 15) is 4.79 Å². The van der Waals surface area contributed by atoms with Crippen molar-refractivity contribution in [2.24, 2.45) is 0 Å². The van der Waals surface area contributed by atoms with Crippen LogP contribution in [0.1, 0.15) is 27.9 Å². The van der Waals surface area contributed by atoms with E-state index in [1.54, 1.807) is 0 Å². The molecule has 0 radical (unpaired) electrons. The summed E-state index contributed by atoms with van der Waals surface area (Å²) < 4.78 is 0. The molecule has 0 spiro atoms. The molecule has 2 aromatic carbocycles. The summed E-state index contributed by atoms with van der Waals surface area (Å²) in [5.74, 6) is 0.0343. The Morgan fingerprint density at radius 1 is 1.05 bits per heavy atom. The van der Waals surface area contributed by atoms with E-state index < -0.39 is 0 Å². The second-order valence-electron chi connectivity index (χ2n) is 6.23. The first-order valence-electron chi connectivity index (χ1n) is 7.71. The summed E-state index contributed by atoms with van der Waals surface area (Å²) >= 11 is 0. The number of hydrogen-bond acceptors (Lipinski definition) is 2. The summed E-state index contributed by atoms with van der Waals surface area (Å²) in [5, 5.41) is 3.09. The Hall–Kier alpha value is -2.13. The van der Waals surface area contributed by atoms with Crippen LogP contribution in [0.3, 0.4) is 0 Å². The summed E-state index contributed by atoms with van der Waals surface area (Å²) in [7, 11) is 4.18.